The van der Waals surface area contributed by atoms with E-state index in [4.69, 9.17) is 12.2 Å². The fourth-order valence-electron chi connectivity index (χ4n) is 0.771. The molecule has 0 atom stereocenters. The van der Waals surface area contributed by atoms with Crippen LogP contribution in [0.4, 0.5) is 5.82 Å². The van der Waals surface area contributed by atoms with E-state index in [2.05, 4.69) is 54.1 Å². The Morgan fingerprint density at radius 1 is 1.57 bits per heavy atom. The average molecular weight is 386 g/mol. The highest BCUT2D eigenvalue weighted by molar-refractivity contribution is 14.1. The molecule has 0 aliphatic heterocycles. The summed E-state index contributed by atoms with van der Waals surface area (Å²) in [7, 11) is 0. The van der Waals surface area contributed by atoms with Crippen LogP contribution in [0.1, 0.15) is 0 Å². The maximum atomic E-state index is 5.06. The Morgan fingerprint density at radius 3 is 2.93 bits per heavy atom. The summed E-state index contributed by atoms with van der Waals surface area (Å²) in [6, 6.07) is 3.78. The number of thiocarbonyl (C=S) groups is 1. The van der Waals surface area contributed by atoms with Crippen molar-refractivity contribution in [3.63, 3.8) is 0 Å². The molecule has 1 aromatic rings. The second kappa shape index (κ2) is 6.52. The Balaban J connectivity index is 2.44. The number of aromatic nitrogens is 1. The van der Waals surface area contributed by atoms with Gasteiger partial charge in [-0.25, -0.2) is 4.98 Å². The average Bonchev–Trinajstić information content (AvgIpc) is 2.18. The predicted octanol–water partition coefficient (Wildman–Crippen LogP) is 2.57. The highest BCUT2D eigenvalue weighted by Crippen LogP contribution is 2.10. The molecule has 0 unspecified atom stereocenters. The number of halogens is 2. The summed E-state index contributed by atoms with van der Waals surface area (Å²) >= 11 is 10.7. The number of hydrogen-bond acceptors (Lipinski definition) is 2. The Bertz CT molecular complexity index is 304. The van der Waals surface area contributed by atoms with Gasteiger partial charge in [0, 0.05) is 21.6 Å². The third kappa shape index (κ3) is 4.52. The minimum atomic E-state index is 0.608. The molecule has 1 rings (SSSR count). The standard InChI is InChI=1S/C8H9BrIN3S/c9-6-1-2-7(12-5-6)13-8(14)11-4-3-10/h1-2,5H,3-4H2,(H2,11,12,13,14). The molecule has 76 valence electrons. The first kappa shape index (κ1) is 12.1. The van der Waals surface area contributed by atoms with Crippen LogP contribution in [-0.4, -0.2) is 21.1 Å². The predicted molar refractivity (Wildman–Crippen MR) is 75.0 cm³/mol. The van der Waals surface area contributed by atoms with Gasteiger partial charge in [0.2, 0.25) is 0 Å². The van der Waals surface area contributed by atoms with Crippen molar-refractivity contribution in [2.24, 2.45) is 0 Å². The van der Waals surface area contributed by atoms with Crippen LogP contribution in [0.2, 0.25) is 0 Å². The molecular formula is C8H9BrIN3S. The summed E-state index contributed by atoms with van der Waals surface area (Å²) in [6.45, 7) is 0.864. The van der Waals surface area contributed by atoms with Crippen LogP contribution in [0.3, 0.4) is 0 Å². The van der Waals surface area contributed by atoms with Crippen LogP contribution in [0, 0.1) is 0 Å². The van der Waals surface area contributed by atoms with Gasteiger partial charge in [-0.2, -0.15) is 0 Å². The van der Waals surface area contributed by atoms with Crippen LogP contribution in [0.25, 0.3) is 0 Å². The molecule has 0 bridgehead atoms. The Morgan fingerprint density at radius 2 is 2.36 bits per heavy atom. The Kier molecular flexibility index (Phi) is 5.64. The number of nitrogens with zero attached hydrogens (tertiary/aromatic N) is 1. The molecule has 6 heteroatoms. The van der Waals surface area contributed by atoms with E-state index in [0.29, 0.717) is 5.11 Å². The van der Waals surface area contributed by atoms with Crippen molar-refractivity contribution in [3.05, 3.63) is 22.8 Å². The molecule has 0 aliphatic carbocycles. The van der Waals surface area contributed by atoms with Crippen LogP contribution in [0.5, 0.6) is 0 Å². The van der Waals surface area contributed by atoms with E-state index in [1.54, 1.807) is 6.20 Å². The molecular weight excluding hydrogens is 377 g/mol. The van der Waals surface area contributed by atoms with E-state index in [0.717, 1.165) is 21.3 Å². The van der Waals surface area contributed by atoms with Gasteiger partial charge in [-0.05, 0) is 40.3 Å². The molecule has 0 fully saturated rings. The van der Waals surface area contributed by atoms with Gasteiger partial charge in [0.15, 0.2) is 5.11 Å². The van der Waals surface area contributed by atoms with E-state index < -0.39 is 0 Å². The van der Waals surface area contributed by atoms with Gasteiger partial charge in [0.1, 0.15) is 5.82 Å². The van der Waals surface area contributed by atoms with Crippen molar-refractivity contribution in [2.75, 3.05) is 16.3 Å². The van der Waals surface area contributed by atoms with Crippen molar-refractivity contribution in [1.82, 2.24) is 10.3 Å². The van der Waals surface area contributed by atoms with Gasteiger partial charge in [0.25, 0.3) is 0 Å². The van der Waals surface area contributed by atoms with Crippen molar-refractivity contribution in [2.45, 2.75) is 0 Å². The van der Waals surface area contributed by atoms with E-state index in [-0.39, 0.29) is 0 Å². The summed E-state index contributed by atoms with van der Waals surface area (Å²) in [6.07, 6.45) is 1.73. The molecule has 0 saturated carbocycles. The zero-order chi connectivity index (χ0) is 10.4. The third-order valence-corrected chi connectivity index (χ3v) is 2.60. The summed E-state index contributed by atoms with van der Waals surface area (Å²) in [5, 5.41) is 6.65. The quantitative estimate of drug-likeness (QED) is 0.476. The van der Waals surface area contributed by atoms with Gasteiger partial charge in [-0.1, -0.05) is 22.6 Å². The maximum Gasteiger partial charge on any atom is 0.171 e. The highest BCUT2D eigenvalue weighted by atomic mass is 127. The molecule has 1 heterocycles. The molecule has 14 heavy (non-hydrogen) atoms. The number of rotatable bonds is 3. The molecule has 0 aromatic carbocycles. The molecule has 0 radical (unpaired) electrons. The summed E-state index contributed by atoms with van der Waals surface area (Å²) < 4.78 is 1.97. The molecule has 3 nitrogen and oxygen atoms in total. The van der Waals surface area contributed by atoms with Crippen LogP contribution in [0.15, 0.2) is 22.8 Å². The maximum absolute atomic E-state index is 5.06. The lowest BCUT2D eigenvalue weighted by Gasteiger charge is -2.07. The lowest BCUT2D eigenvalue weighted by molar-refractivity contribution is 1.00. The first-order valence-corrected chi connectivity index (χ1v) is 6.67. The molecule has 2 N–H and O–H groups in total. The first-order valence-electron chi connectivity index (χ1n) is 3.95. The summed E-state index contributed by atoms with van der Waals surface area (Å²) in [5.74, 6) is 0.749. The van der Waals surface area contributed by atoms with Crippen LogP contribution < -0.4 is 10.6 Å². The largest absolute Gasteiger partial charge is 0.362 e. The zero-order valence-electron chi connectivity index (χ0n) is 7.26. The van der Waals surface area contributed by atoms with Crippen LogP contribution >= 0.6 is 50.7 Å². The molecule has 0 saturated heterocycles. The van der Waals surface area contributed by atoms with Gasteiger partial charge < -0.3 is 10.6 Å². The minimum absolute atomic E-state index is 0.608. The minimum Gasteiger partial charge on any atom is -0.362 e. The lowest BCUT2D eigenvalue weighted by Crippen LogP contribution is -2.30. The fraction of sp³-hybridized carbons (Fsp3) is 0.250. The second-order valence-electron chi connectivity index (χ2n) is 2.43. The Hall–Kier alpha value is 0.0500. The molecule has 0 spiro atoms. The van der Waals surface area contributed by atoms with E-state index >= 15 is 0 Å². The number of nitrogens with one attached hydrogen (secondary N) is 2. The van der Waals surface area contributed by atoms with Crippen molar-refractivity contribution in [1.29, 1.82) is 0 Å². The summed E-state index contributed by atoms with van der Waals surface area (Å²) in [5.41, 5.74) is 0. The smallest absolute Gasteiger partial charge is 0.171 e. The van der Waals surface area contributed by atoms with Crippen LogP contribution in [-0.2, 0) is 0 Å². The van der Waals surface area contributed by atoms with E-state index in [1.165, 1.54) is 0 Å². The molecule has 1 aromatic heterocycles. The summed E-state index contributed by atoms with van der Waals surface area (Å²) in [4.78, 5) is 4.14. The van der Waals surface area contributed by atoms with E-state index in [9.17, 15) is 0 Å². The number of alkyl halides is 1. The van der Waals surface area contributed by atoms with Crippen molar-refractivity contribution < 1.29 is 0 Å². The fourth-order valence-corrected chi connectivity index (χ4v) is 1.48. The third-order valence-electron chi connectivity index (χ3n) is 1.35. The van der Waals surface area contributed by atoms with Gasteiger partial charge in [-0.15, -0.1) is 0 Å². The van der Waals surface area contributed by atoms with Gasteiger partial charge in [0.05, 0.1) is 0 Å². The zero-order valence-corrected chi connectivity index (χ0v) is 11.8. The topological polar surface area (TPSA) is 37.0 Å². The van der Waals surface area contributed by atoms with Crippen molar-refractivity contribution >= 4 is 61.7 Å². The highest BCUT2D eigenvalue weighted by Gasteiger charge is 1.96. The normalized spacial score (nSPS) is 9.57. The van der Waals surface area contributed by atoms with Gasteiger partial charge >= 0.3 is 0 Å². The van der Waals surface area contributed by atoms with Crippen molar-refractivity contribution in [3.8, 4) is 0 Å². The van der Waals surface area contributed by atoms with Gasteiger partial charge in [-0.3, -0.25) is 0 Å². The monoisotopic (exact) mass is 385 g/mol. The number of hydrogen-bond donors (Lipinski definition) is 2. The number of anilines is 1. The lowest BCUT2D eigenvalue weighted by atomic mass is 10.5. The Labute approximate surface area is 110 Å². The second-order valence-corrected chi connectivity index (χ2v) is 4.83. The first-order chi connectivity index (χ1) is 6.72. The molecule has 0 amide bonds. The SMILES string of the molecule is S=C(NCCI)Nc1ccc(Br)cn1. The van der Waals surface area contributed by atoms with E-state index in [1.807, 2.05) is 12.1 Å². The molecule has 0 aliphatic rings. The number of pyridine rings is 1.